The van der Waals surface area contributed by atoms with Crippen LogP contribution in [0.3, 0.4) is 0 Å². The van der Waals surface area contributed by atoms with Crippen LogP contribution in [-0.2, 0) is 39.1 Å². The molecule has 0 radical (unpaired) electrons. The van der Waals surface area contributed by atoms with Gasteiger partial charge < -0.3 is 22.8 Å². The number of unbranched alkanes of at least 4 members (excludes halogenated alkanes) is 10. The fourth-order valence-corrected chi connectivity index (χ4v) is 19.4. The first-order chi connectivity index (χ1) is 68.4. The number of nitrogens with zero attached hydrogens (tertiary/aromatic N) is 5. The molecule has 0 aliphatic carbocycles. The fourth-order valence-electron chi connectivity index (χ4n) is 19.4. The first-order valence-corrected chi connectivity index (χ1v) is 49.1. The number of para-hydroxylation sites is 1. The Kier molecular flexibility index (Phi) is 32.7. The molecule has 17 heteroatoms. The summed E-state index contributed by atoms with van der Waals surface area (Å²) in [6.07, 6.45) is 24.9. The lowest BCUT2D eigenvalue weighted by Crippen LogP contribution is -2.03. The van der Waals surface area contributed by atoms with Crippen LogP contribution in [0.25, 0.3) is 108 Å². The van der Waals surface area contributed by atoms with Crippen LogP contribution in [0, 0.1) is 29.1 Å². The number of carbonyl (C=O) groups excluding carboxylic acids is 5. The number of rotatable bonds is 34. The molecule has 0 unspecified atom stereocenters. The van der Waals surface area contributed by atoms with Crippen LogP contribution in [0.4, 0.5) is 30.7 Å². The zero-order chi connectivity index (χ0) is 97.7. The largest absolute Gasteiger partial charge is 0.347 e. The molecule has 0 N–H and O–H groups in total. The minimum Gasteiger partial charge on any atom is -0.347 e. The minimum absolute atomic E-state index is 0.0161. The standard InChI is InChI=1S/C27H27F2NO.C24H21F2NO.3C24H22FNO/c1-2-9-19-14-15-22(21-11-5-4-10-20(19)21)27(31)23-18-30(17-7-3-6-16-28)25-13-8-12-24(29)26(23)25;25-14-4-1-5-15-27-16-20(23-21(26)12-7-13-22(23)27)24(28)19-11-6-9-17-8-2-3-10-18(17)19;1-2-3-6-15-26-16-21(19-12-8-14-22(25)23(19)26)24(27)20-13-7-10-17-9-4-5-11-18(17)20;1-2-3-6-14-26-16-22(20-13-12-18(25)15-23(20)26)24(27)21-11-7-9-17-8-4-5-10-19(17)21;1-2-3-6-14-26-16-22(21-15-18(25)12-13-23(21)26)24(27)20-11-7-9-17-8-4-5-10-19(17)20/h4-5,8,10-15,18H,2-3,6-7,9,16-17H2,1H3;2-3,6-13,16H,1,4-5,14-15H2;4-5,7-14,16H,2-3,6,15H2,1H3;2*4-5,7-13,15-16H,2-3,6,14H2,1H3. The lowest BCUT2D eigenvalue weighted by atomic mass is 9.93. The van der Waals surface area contributed by atoms with E-state index in [9.17, 15) is 54.7 Å². The van der Waals surface area contributed by atoms with Crippen LogP contribution in [-0.4, -0.2) is 65.1 Å². The van der Waals surface area contributed by atoms with Crippen molar-refractivity contribution in [3.8, 4) is 0 Å². The van der Waals surface area contributed by atoms with Gasteiger partial charge in [0, 0.05) is 141 Å². The Morgan fingerprint density at radius 3 is 1.01 bits per heavy atom. The van der Waals surface area contributed by atoms with E-state index in [2.05, 4.69) is 32.3 Å². The Hall–Kier alpha value is -14.8. The Morgan fingerprint density at radius 2 is 0.557 bits per heavy atom. The van der Waals surface area contributed by atoms with Crippen LogP contribution in [0.15, 0.2) is 328 Å². The van der Waals surface area contributed by atoms with Crippen molar-refractivity contribution in [1.82, 2.24) is 22.8 Å². The van der Waals surface area contributed by atoms with E-state index in [-0.39, 0.29) is 59.7 Å². The van der Waals surface area contributed by atoms with E-state index in [1.165, 1.54) is 48.0 Å². The summed E-state index contributed by atoms with van der Waals surface area (Å²) in [5, 5.41) is 12.6. The molecular weight excluding hydrogens is 1760 g/mol. The second kappa shape index (κ2) is 46.5. The molecule has 140 heavy (non-hydrogen) atoms. The molecule has 0 spiro atoms. The van der Waals surface area contributed by atoms with Crippen LogP contribution in [0.5, 0.6) is 0 Å². The SMILES string of the molecule is CCCCCn1cc(C(=O)c2cccc3ccccc23)c2cc(F)ccc21.CCCCCn1cc(C(=O)c2cccc3ccccc23)c2ccc(F)cc21.CCCCCn1cc(C(=O)c2cccc3ccccc23)c2cccc(F)c21.CCCc1ccc(C(=O)c2cn(CCCCCF)c3cccc(F)c23)c2ccccc12.O=C(c1cccc2ccccc12)c1cn(CCCCCF)c2cccc(F)c12. The smallest absolute Gasteiger partial charge is 0.195 e. The van der Waals surface area contributed by atoms with Gasteiger partial charge in [-0.2, -0.15) is 0 Å². The highest BCUT2D eigenvalue weighted by molar-refractivity contribution is 6.26. The van der Waals surface area contributed by atoms with Gasteiger partial charge in [0.05, 0.1) is 46.5 Å². The van der Waals surface area contributed by atoms with Gasteiger partial charge in [0.1, 0.15) is 29.1 Å². The maximum atomic E-state index is 14.8. The first kappa shape index (κ1) is 98.2. The van der Waals surface area contributed by atoms with Crippen molar-refractivity contribution in [2.45, 2.75) is 170 Å². The van der Waals surface area contributed by atoms with Gasteiger partial charge in [0.25, 0.3) is 0 Å². The van der Waals surface area contributed by atoms with Crippen molar-refractivity contribution < 1.29 is 54.7 Å². The van der Waals surface area contributed by atoms with E-state index in [0.717, 1.165) is 180 Å². The highest BCUT2D eigenvalue weighted by atomic mass is 19.2. The maximum Gasteiger partial charge on any atom is 0.195 e. The van der Waals surface area contributed by atoms with Gasteiger partial charge in [-0.15, -0.1) is 0 Å². The van der Waals surface area contributed by atoms with E-state index < -0.39 is 11.6 Å². The molecule has 20 aromatic rings. The van der Waals surface area contributed by atoms with Crippen molar-refractivity contribution >= 4 is 137 Å². The molecule has 0 atom stereocenters. The lowest BCUT2D eigenvalue weighted by Gasteiger charge is -2.10. The Balaban J connectivity index is 0.000000126. The molecule has 5 aromatic heterocycles. The van der Waals surface area contributed by atoms with Gasteiger partial charge in [-0.05, 0) is 190 Å². The molecule has 710 valence electrons. The fraction of sp³-hybridized carbons (Fsp3) is 0.228. The van der Waals surface area contributed by atoms with Gasteiger partial charge >= 0.3 is 0 Å². The third kappa shape index (κ3) is 21.7. The maximum absolute atomic E-state index is 14.8. The Bertz CT molecular complexity index is 7770. The number of benzene rings is 15. The van der Waals surface area contributed by atoms with Gasteiger partial charge in [0.15, 0.2) is 28.9 Å². The monoisotopic (exact) mass is 1870 g/mol. The number of ketones is 5. The predicted molar refractivity (Wildman–Crippen MR) is 559 cm³/mol. The number of carbonyl (C=O) groups is 5. The summed E-state index contributed by atoms with van der Waals surface area (Å²) in [5.41, 5.74) is 10.5. The highest BCUT2D eigenvalue weighted by Crippen LogP contribution is 2.38. The number of halogens is 7. The van der Waals surface area contributed by atoms with E-state index in [4.69, 9.17) is 0 Å². The number of hydrogen-bond acceptors (Lipinski definition) is 5. The molecule has 0 fully saturated rings. The first-order valence-electron chi connectivity index (χ1n) is 49.1. The molecule has 0 amide bonds. The van der Waals surface area contributed by atoms with Gasteiger partial charge in [0.2, 0.25) is 0 Å². The zero-order valence-electron chi connectivity index (χ0n) is 79.6. The van der Waals surface area contributed by atoms with Crippen molar-refractivity contribution in [3.63, 3.8) is 0 Å². The molecule has 20 rings (SSSR count). The number of aromatic nitrogens is 5. The predicted octanol–water partition coefficient (Wildman–Crippen LogP) is 32.6. The average Bonchev–Trinajstić information content (AvgIpc) is 1.68. The molecule has 0 saturated heterocycles. The molecule has 10 nitrogen and oxygen atoms in total. The molecule has 0 aliphatic rings. The van der Waals surface area contributed by atoms with Crippen molar-refractivity contribution in [2.24, 2.45) is 0 Å². The number of hydrogen-bond donors (Lipinski definition) is 0. The zero-order valence-corrected chi connectivity index (χ0v) is 79.6. The number of alkyl halides is 2. The van der Waals surface area contributed by atoms with Crippen molar-refractivity contribution in [1.29, 1.82) is 0 Å². The molecular formula is C123H114F7N5O5. The summed E-state index contributed by atoms with van der Waals surface area (Å²) in [4.78, 5) is 67.2. The number of aryl methyl sites for hydroxylation is 6. The highest BCUT2D eigenvalue weighted by Gasteiger charge is 2.28. The second-order valence-electron chi connectivity index (χ2n) is 35.8. The van der Waals surface area contributed by atoms with Crippen LogP contribution in [0.2, 0.25) is 0 Å². The summed E-state index contributed by atoms with van der Waals surface area (Å²) in [6, 6.07) is 90.2. The normalized spacial score (nSPS) is 11.4. The summed E-state index contributed by atoms with van der Waals surface area (Å²) in [6.45, 7) is 11.5. The molecule has 0 saturated carbocycles. The second-order valence-corrected chi connectivity index (χ2v) is 35.8. The molecule has 5 heterocycles. The minimum atomic E-state index is -0.399. The summed E-state index contributed by atoms with van der Waals surface area (Å²) in [5.74, 6) is -2.15. The van der Waals surface area contributed by atoms with Crippen molar-refractivity contribution in [2.75, 3.05) is 13.3 Å². The third-order valence-corrected chi connectivity index (χ3v) is 26.5. The van der Waals surface area contributed by atoms with Gasteiger partial charge in [-0.1, -0.05) is 303 Å². The van der Waals surface area contributed by atoms with E-state index in [1.807, 2.05) is 255 Å². The average molecular weight is 1880 g/mol. The lowest BCUT2D eigenvalue weighted by molar-refractivity contribution is 0.103. The summed E-state index contributed by atoms with van der Waals surface area (Å²) in [7, 11) is 0. The number of fused-ring (bicyclic) bond motifs is 10. The summed E-state index contributed by atoms with van der Waals surface area (Å²) < 4.78 is 106. The quantitative estimate of drug-likeness (QED) is 0.0227. The van der Waals surface area contributed by atoms with Crippen molar-refractivity contribution in [3.05, 3.63) is 419 Å². The van der Waals surface area contributed by atoms with Crippen LogP contribution >= 0.6 is 0 Å². The van der Waals surface area contributed by atoms with E-state index in [1.54, 1.807) is 48.8 Å². The Morgan fingerprint density at radius 1 is 0.229 bits per heavy atom. The van der Waals surface area contributed by atoms with Gasteiger partial charge in [-0.25, -0.2) is 22.0 Å². The van der Waals surface area contributed by atoms with Gasteiger partial charge in [-0.3, -0.25) is 32.8 Å². The molecule has 0 bridgehead atoms. The third-order valence-electron chi connectivity index (χ3n) is 26.5. The molecule has 15 aromatic carbocycles. The van der Waals surface area contributed by atoms with E-state index >= 15 is 0 Å². The molecule has 0 aliphatic heterocycles. The topological polar surface area (TPSA) is 110 Å². The van der Waals surface area contributed by atoms with E-state index in [0.29, 0.717) is 126 Å². The Labute approximate surface area is 811 Å². The van der Waals surface area contributed by atoms with Crippen LogP contribution in [0.1, 0.15) is 216 Å². The summed E-state index contributed by atoms with van der Waals surface area (Å²) >= 11 is 0. The van der Waals surface area contributed by atoms with Crippen LogP contribution < -0.4 is 0 Å².